The maximum Gasteiger partial charge on any atom is 0.143 e. The van der Waals surface area contributed by atoms with Crippen LogP contribution in [0.1, 0.15) is 0 Å². The van der Waals surface area contributed by atoms with Crippen LogP contribution in [0.4, 0.5) is 0 Å². The standard InChI is InChI=1S/3C16H10O.3C16H10S.C12H8O.C12H8S/c1-2-6-12-10-16-14(9-11(12)5-1)13-7-3-4-8-15(13)17-16;1-2-6-12-11(5-1)9-10-14-13-7-3-4-8-15(13)17-16(12)14;1-2-6-12-11(5-1)9-10-15-16(12)13-7-3-4-8-14(13)17-15;1-2-6-12-10-16-14(9-11(12)5-1)13-7-3-4-8-15(13)17-16;1-2-6-12-11(5-1)9-10-14-13-7-3-4-8-15(13)17-16(12)14;1-2-6-12-11(5-1)9-10-15-16(12)13-7-3-4-8-14(13)17-15;2*1-3-7-11-9(5-1)10-6-2-4-8-12(10)13-11/h6*1-10H;2*1-8H. The summed E-state index contributed by atoms with van der Waals surface area (Å²) in [5.74, 6) is 0. The number of benzene rings is 22. The summed E-state index contributed by atoms with van der Waals surface area (Å²) in [6.45, 7) is 0. The van der Waals surface area contributed by atoms with Crippen LogP contribution < -0.4 is 0 Å². The summed E-state index contributed by atoms with van der Waals surface area (Å²) < 4.78 is 34.4. The highest BCUT2D eigenvalue weighted by Crippen LogP contribution is 2.44. The maximum atomic E-state index is 5.97. The highest BCUT2D eigenvalue weighted by molar-refractivity contribution is 7.27. The predicted molar refractivity (Wildman–Crippen MR) is 557 cm³/mol. The Balaban J connectivity index is 0.0000000839. The number of fused-ring (bicyclic) bond motifs is 34. The quantitative estimate of drug-likeness (QED) is 0.152. The van der Waals surface area contributed by atoms with Crippen LogP contribution in [-0.2, 0) is 0 Å². The van der Waals surface area contributed by atoms with Crippen LogP contribution in [0, 0.1) is 0 Å². The number of rotatable bonds is 0. The van der Waals surface area contributed by atoms with Gasteiger partial charge in [0.15, 0.2) is 0 Å². The molecule has 0 spiro atoms. The van der Waals surface area contributed by atoms with Crippen LogP contribution in [0.25, 0.3) is 233 Å². The second kappa shape index (κ2) is 33.9. The summed E-state index contributed by atoms with van der Waals surface area (Å²) in [7, 11) is 0. The first-order valence-corrected chi connectivity index (χ1v) is 46.2. The lowest BCUT2D eigenvalue weighted by atomic mass is 10.0. The van der Waals surface area contributed by atoms with Crippen molar-refractivity contribution >= 4 is 278 Å². The van der Waals surface area contributed by atoms with E-state index in [1.54, 1.807) is 0 Å². The molecule has 30 aromatic rings. The average Bonchev–Trinajstić information content (AvgIpc) is 1.40. The van der Waals surface area contributed by atoms with Gasteiger partial charge in [0.1, 0.15) is 44.7 Å². The summed E-state index contributed by atoms with van der Waals surface area (Å²) in [5.41, 5.74) is 7.71. The van der Waals surface area contributed by atoms with E-state index in [4.69, 9.17) is 17.7 Å². The van der Waals surface area contributed by atoms with Crippen molar-refractivity contribution in [1.82, 2.24) is 0 Å². The smallest absolute Gasteiger partial charge is 0.143 e. The van der Waals surface area contributed by atoms with Gasteiger partial charge in [0.05, 0.1) is 0 Å². The summed E-state index contributed by atoms with van der Waals surface area (Å²) in [6, 6.07) is 161. The lowest BCUT2D eigenvalue weighted by molar-refractivity contribution is 0.668. The van der Waals surface area contributed by atoms with E-state index in [0.29, 0.717) is 0 Å². The van der Waals surface area contributed by atoms with Gasteiger partial charge in [-0.3, -0.25) is 0 Å². The lowest BCUT2D eigenvalue weighted by Gasteiger charge is -1.99. The molecule has 0 saturated heterocycles. The molecule has 0 aliphatic heterocycles. The van der Waals surface area contributed by atoms with Gasteiger partial charge in [-0.05, 0) is 162 Å². The Kier molecular flexibility index (Phi) is 20.4. The largest absolute Gasteiger partial charge is 0.456 e. The van der Waals surface area contributed by atoms with Crippen molar-refractivity contribution in [3.05, 3.63) is 461 Å². The molecular formula is C120H76O4S4. The molecule has 30 rings (SSSR count). The molecule has 0 saturated carbocycles. The third kappa shape index (κ3) is 14.7. The Bertz CT molecular complexity index is 8670. The molecule has 22 aromatic carbocycles. The number of hydrogen-bond acceptors (Lipinski definition) is 8. The summed E-state index contributed by atoms with van der Waals surface area (Å²) in [5, 5.41) is 36.0. The molecule has 4 nitrogen and oxygen atoms in total. The van der Waals surface area contributed by atoms with Gasteiger partial charge in [0.2, 0.25) is 0 Å². The Morgan fingerprint density at radius 2 is 0.430 bits per heavy atom. The van der Waals surface area contributed by atoms with Crippen molar-refractivity contribution < 1.29 is 17.7 Å². The fourth-order valence-electron chi connectivity index (χ4n) is 18.1. The van der Waals surface area contributed by atoms with Gasteiger partial charge in [-0.15, -0.1) is 45.3 Å². The fraction of sp³-hybridized carbons (Fsp3) is 0. The molecule has 0 atom stereocenters. The monoisotopic (exact) mass is 1710 g/mol. The Morgan fingerprint density at radius 3 is 0.977 bits per heavy atom. The van der Waals surface area contributed by atoms with Crippen LogP contribution >= 0.6 is 45.3 Å². The minimum absolute atomic E-state index is 0.956. The van der Waals surface area contributed by atoms with E-state index in [2.05, 4.69) is 376 Å². The minimum Gasteiger partial charge on any atom is -0.456 e. The van der Waals surface area contributed by atoms with Crippen LogP contribution in [0.15, 0.2) is 479 Å². The Hall–Kier alpha value is -15.5. The molecule has 8 heteroatoms. The first-order valence-electron chi connectivity index (χ1n) is 43.0. The van der Waals surface area contributed by atoms with Crippen molar-refractivity contribution in [2.75, 3.05) is 0 Å². The highest BCUT2D eigenvalue weighted by Gasteiger charge is 2.15. The fourth-order valence-corrected chi connectivity index (χ4v) is 22.7. The van der Waals surface area contributed by atoms with Crippen LogP contribution in [0.5, 0.6) is 0 Å². The zero-order valence-electron chi connectivity index (χ0n) is 69.1. The summed E-state index contributed by atoms with van der Waals surface area (Å²) in [4.78, 5) is 0. The maximum absolute atomic E-state index is 5.97. The van der Waals surface area contributed by atoms with Crippen LogP contribution in [0.3, 0.4) is 0 Å². The second-order valence-corrected chi connectivity index (χ2v) is 36.1. The molecule has 0 aliphatic carbocycles. The second-order valence-electron chi connectivity index (χ2n) is 31.8. The number of furan rings is 4. The molecule has 0 aliphatic rings. The molecule has 0 radical (unpaired) electrons. The molecule has 0 bridgehead atoms. The number of hydrogen-bond donors (Lipinski definition) is 0. The van der Waals surface area contributed by atoms with Gasteiger partial charge in [-0.25, -0.2) is 0 Å². The molecular weight excluding hydrogens is 1630 g/mol. The van der Waals surface area contributed by atoms with E-state index in [9.17, 15) is 0 Å². The molecule has 128 heavy (non-hydrogen) atoms. The minimum atomic E-state index is 0.956. The Labute approximate surface area is 751 Å². The number of thiophene rings is 4. The molecule has 0 unspecified atom stereocenters. The summed E-state index contributed by atoms with van der Waals surface area (Å²) >= 11 is 7.51. The molecule has 8 aromatic heterocycles. The molecule has 8 heterocycles. The molecule has 604 valence electrons. The van der Waals surface area contributed by atoms with E-state index in [1.807, 2.05) is 130 Å². The topological polar surface area (TPSA) is 52.6 Å². The zero-order chi connectivity index (χ0) is 84.8. The highest BCUT2D eigenvalue weighted by atomic mass is 32.1. The van der Waals surface area contributed by atoms with E-state index in [0.717, 1.165) is 44.7 Å². The van der Waals surface area contributed by atoms with Crippen molar-refractivity contribution in [3.8, 4) is 0 Å². The Morgan fingerprint density at radius 1 is 0.125 bits per heavy atom. The zero-order valence-corrected chi connectivity index (χ0v) is 72.4. The van der Waals surface area contributed by atoms with Gasteiger partial charge in [0, 0.05) is 129 Å². The summed E-state index contributed by atoms with van der Waals surface area (Å²) in [6.07, 6.45) is 0. The van der Waals surface area contributed by atoms with E-state index < -0.39 is 0 Å². The SMILES string of the molecule is c1ccc2c(c1)ccc1c3ccccc3oc21.c1ccc2c(c1)ccc1c3ccccc3sc21.c1ccc2c(c1)ccc1oc3ccccc3c12.c1ccc2c(c1)ccc1sc3ccccc3c12.c1ccc2c(c1)oc1ccccc12.c1ccc2c(c1)sc1ccccc12.c1ccc2cc3c(cc2c1)oc1ccccc13.c1ccc2cc3c(cc2c1)sc1ccccc13. The van der Waals surface area contributed by atoms with Crippen molar-refractivity contribution in [2.45, 2.75) is 0 Å². The van der Waals surface area contributed by atoms with E-state index in [1.165, 1.54) is 188 Å². The van der Waals surface area contributed by atoms with E-state index >= 15 is 0 Å². The van der Waals surface area contributed by atoms with Gasteiger partial charge >= 0.3 is 0 Å². The van der Waals surface area contributed by atoms with Crippen molar-refractivity contribution in [2.24, 2.45) is 0 Å². The van der Waals surface area contributed by atoms with Crippen LogP contribution in [0.2, 0.25) is 0 Å². The van der Waals surface area contributed by atoms with E-state index in [-0.39, 0.29) is 0 Å². The van der Waals surface area contributed by atoms with Gasteiger partial charge < -0.3 is 17.7 Å². The molecule has 0 amide bonds. The lowest BCUT2D eigenvalue weighted by Crippen LogP contribution is -1.73. The molecule has 0 N–H and O–H groups in total. The first kappa shape index (κ1) is 77.3. The average molecular weight is 1710 g/mol. The predicted octanol–water partition coefficient (Wildman–Crippen LogP) is 37.5. The third-order valence-electron chi connectivity index (χ3n) is 24.1. The molecule has 0 fully saturated rings. The van der Waals surface area contributed by atoms with Gasteiger partial charge in [0.25, 0.3) is 0 Å². The van der Waals surface area contributed by atoms with Gasteiger partial charge in [-0.2, -0.15) is 0 Å². The van der Waals surface area contributed by atoms with Gasteiger partial charge in [-0.1, -0.05) is 358 Å². The first-order chi connectivity index (χ1) is 63.5. The third-order valence-corrected chi connectivity index (χ3v) is 28.8. The van der Waals surface area contributed by atoms with Crippen molar-refractivity contribution in [3.63, 3.8) is 0 Å². The number of para-hydroxylation sites is 5. The normalized spacial score (nSPS) is 11.4. The van der Waals surface area contributed by atoms with Crippen LogP contribution in [-0.4, -0.2) is 0 Å². The van der Waals surface area contributed by atoms with Crippen molar-refractivity contribution in [1.29, 1.82) is 0 Å².